The van der Waals surface area contributed by atoms with E-state index in [9.17, 15) is 0 Å². The second-order valence-electron chi connectivity index (χ2n) is 5.16. The highest BCUT2D eigenvalue weighted by Gasteiger charge is 2.16. The summed E-state index contributed by atoms with van der Waals surface area (Å²) in [5, 5.41) is 8.01. The molecule has 0 spiro atoms. The summed E-state index contributed by atoms with van der Waals surface area (Å²) in [6.07, 6.45) is 11.0. The van der Waals surface area contributed by atoms with Gasteiger partial charge in [0.05, 0.1) is 6.20 Å². The standard InChI is InChI=1S/C14H25N3/c1-3-14(15-4-2)13-9-16-17(11-13)10-12-7-5-6-8-12/h9,11-12,14-15H,3-8,10H2,1-2H3. The Balaban J connectivity index is 1.94. The summed E-state index contributed by atoms with van der Waals surface area (Å²) < 4.78 is 2.14. The van der Waals surface area contributed by atoms with Crippen LogP contribution in [0.15, 0.2) is 12.4 Å². The minimum atomic E-state index is 0.470. The van der Waals surface area contributed by atoms with Gasteiger partial charge in [-0.3, -0.25) is 4.68 Å². The molecule has 3 heteroatoms. The Kier molecular flexibility index (Phi) is 4.60. The van der Waals surface area contributed by atoms with Gasteiger partial charge in [0.25, 0.3) is 0 Å². The first kappa shape index (κ1) is 12.6. The molecule has 1 unspecified atom stereocenters. The highest BCUT2D eigenvalue weighted by molar-refractivity contribution is 5.10. The molecular formula is C14H25N3. The molecule has 0 aliphatic heterocycles. The van der Waals surface area contributed by atoms with E-state index in [1.807, 2.05) is 6.20 Å². The van der Waals surface area contributed by atoms with Crippen molar-refractivity contribution in [2.45, 2.75) is 58.5 Å². The normalized spacial score (nSPS) is 18.7. The zero-order chi connectivity index (χ0) is 12.1. The van der Waals surface area contributed by atoms with Gasteiger partial charge in [-0.05, 0) is 31.7 Å². The average Bonchev–Trinajstić information content (AvgIpc) is 2.98. The molecule has 1 aliphatic rings. The van der Waals surface area contributed by atoms with Crippen molar-refractivity contribution in [3.05, 3.63) is 18.0 Å². The summed E-state index contributed by atoms with van der Waals surface area (Å²) in [6.45, 7) is 6.52. The SMILES string of the molecule is CCNC(CC)c1cnn(CC2CCCC2)c1. The highest BCUT2D eigenvalue weighted by Crippen LogP contribution is 2.26. The minimum Gasteiger partial charge on any atom is -0.310 e. The molecule has 2 rings (SSSR count). The second-order valence-corrected chi connectivity index (χ2v) is 5.16. The van der Waals surface area contributed by atoms with E-state index in [2.05, 4.69) is 35.1 Å². The summed E-state index contributed by atoms with van der Waals surface area (Å²) in [4.78, 5) is 0. The molecule has 0 aromatic carbocycles. The molecule has 0 saturated heterocycles. The zero-order valence-electron chi connectivity index (χ0n) is 11.2. The first-order chi connectivity index (χ1) is 8.33. The van der Waals surface area contributed by atoms with Gasteiger partial charge in [0, 0.05) is 24.3 Å². The van der Waals surface area contributed by atoms with Crippen LogP contribution in [0.25, 0.3) is 0 Å². The molecule has 3 nitrogen and oxygen atoms in total. The van der Waals surface area contributed by atoms with Crippen molar-refractivity contribution in [3.63, 3.8) is 0 Å². The van der Waals surface area contributed by atoms with Gasteiger partial charge in [-0.2, -0.15) is 5.10 Å². The molecule has 17 heavy (non-hydrogen) atoms. The average molecular weight is 235 g/mol. The van der Waals surface area contributed by atoms with Crippen LogP contribution in [-0.2, 0) is 6.54 Å². The fourth-order valence-corrected chi connectivity index (χ4v) is 2.86. The molecular weight excluding hydrogens is 210 g/mol. The topological polar surface area (TPSA) is 29.9 Å². The Morgan fingerprint density at radius 3 is 2.82 bits per heavy atom. The largest absolute Gasteiger partial charge is 0.310 e. The third-order valence-electron chi connectivity index (χ3n) is 3.83. The minimum absolute atomic E-state index is 0.470. The Morgan fingerprint density at radius 1 is 1.41 bits per heavy atom. The molecule has 1 saturated carbocycles. The van der Waals surface area contributed by atoms with Crippen molar-refractivity contribution < 1.29 is 0 Å². The van der Waals surface area contributed by atoms with E-state index in [4.69, 9.17) is 0 Å². The maximum atomic E-state index is 4.51. The van der Waals surface area contributed by atoms with E-state index < -0.39 is 0 Å². The van der Waals surface area contributed by atoms with Gasteiger partial charge in [0.2, 0.25) is 0 Å². The second kappa shape index (κ2) is 6.20. The Hall–Kier alpha value is -0.830. The molecule has 1 heterocycles. The summed E-state index contributed by atoms with van der Waals surface area (Å²) in [5.74, 6) is 0.863. The maximum Gasteiger partial charge on any atom is 0.0537 e. The smallest absolute Gasteiger partial charge is 0.0537 e. The van der Waals surface area contributed by atoms with Crippen molar-refractivity contribution in [2.24, 2.45) is 5.92 Å². The van der Waals surface area contributed by atoms with Crippen LogP contribution in [0.4, 0.5) is 0 Å². The van der Waals surface area contributed by atoms with Crippen LogP contribution in [0.1, 0.15) is 57.6 Å². The fourth-order valence-electron chi connectivity index (χ4n) is 2.86. The van der Waals surface area contributed by atoms with E-state index >= 15 is 0 Å². The van der Waals surface area contributed by atoms with Gasteiger partial charge in [-0.25, -0.2) is 0 Å². The Labute approximate surface area is 105 Å². The van der Waals surface area contributed by atoms with Crippen molar-refractivity contribution in [3.8, 4) is 0 Å². The monoisotopic (exact) mass is 235 g/mol. The zero-order valence-corrected chi connectivity index (χ0v) is 11.2. The van der Waals surface area contributed by atoms with E-state index in [1.54, 1.807) is 0 Å². The van der Waals surface area contributed by atoms with Gasteiger partial charge in [-0.1, -0.05) is 26.7 Å². The third kappa shape index (κ3) is 3.32. The number of hydrogen-bond acceptors (Lipinski definition) is 2. The molecule has 0 amide bonds. The Bertz CT molecular complexity index is 326. The fraction of sp³-hybridized carbons (Fsp3) is 0.786. The predicted molar refractivity (Wildman–Crippen MR) is 70.9 cm³/mol. The van der Waals surface area contributed by atoms with Crippen LogP contribution in [0.2, 0.25) is 0 Å². The van der Waals surface area contributed by atoms with Gasteiger partial charge in [0.1, 0.15) is 0 Å². The van der Waals surface area contributed by atoms with E-state index in [0.717, 1.165) is 25.4 Å². The van der Waals surface area contributed by atoms with Gasteiger partial charge >= 0.3 is 0 Å². The molecule has 96 valence electrons. The van der Waals surface area contributed by atoms with Crippen LogP contribution in [0, 0.1) is 5.92 Å². The molecule has 1 aliphatic carbocycles. The number of hydrogen-bond donors (Lipinski definition) is 1. The lowest BCUT2D eigenvalue weighted by atomic mass is 10.1. The number of aromatic nitrogens is 2. The molecule has 1 atom stereocenters. The summed E-state index contributed by atoms with van der Waals surface area (Å²) >= 11 is 0. The van der Waals surface area contributed by atoms with E-state index in [1.165, 1.54) is 31.2 Å². The summed E-state index contributed by atoms with van der Waals surface area (Å²) in [6, 6.07) is 0.470. The molecule has 1 aromatic rings. The van der Waals surface area contributed by atoms with Gasteiger partial charge in [0.15, 0.2) is 0 Å². The lowest BCUT2D eigenvalue weighted by Gasteiger charge is -2.13. The van der Waals surface area contributed by atoms with Crippen LogP contribution in [0.5, 0.6) is 0 Å². The highest BCUT2D eigenvalue weighted by atomic mass is 15.3. The van der Waals surface area contributed by atoms with Crippen LogP contribution >= 0.6 is 0 Å². The molecule has 1 aromatic heterocycles. The lowest BCUT2D eigenvalue weighted by Crippen LogP contribution is -2.19. The Morgan fingerprint density at radius 2 is 2.18 bits per heavy atom. The van der Waals surface area contributed by atoms with E-state index in [0.29, 0.717) is 6.04 Å². The van der Waals surface area contributed by atoms with Crippen molar-refractivity contribution >= 4 is 0 Å². The van der Waals surface area contributed by atoms with Crippen molar-refractivity contribution in [2.75, 3.05) is 6.54 Å². The van der Waals surface area contributed by atoms with Gasteiger partial charge < -0.3 is 5.32 Å². The van der Waals surface area contributed by atoms with E-state index in [-0.39, 0.29) is 0 Å². The lowest BCUT2D eigenvalue weighted by molar-refractivity contribution is 0.428. The summed E-state index contributed by atoms with van der Waals surface area (Å²) in [7, 11) is 0. The molecule has 0 radical (unpaired) electrons. The first-order valence-electron chi connectivity index (χ1n) is 7.09. The molecule has 1 N–H and O–H groups in total. The number of nitrogens with one attached hydrogen (secondary N) is 1. The number of nitrogens with zero attached hydrogens (tertiary/aromatic N) is 2. The molecule has 0 bridgehead atoms. The van der Waals surface area contributed by atoms with Crippen LogP contribution < -0.4 is 5.32 Å². The predicted octanol–water partition coefficient (Wildman–Crippen LogP) is 3.13. The maximum absolute atomic E-state index is 4.51. The van der Waals surface area contributed by atoms with Crippen LogP contribution in [0.3, 0.4) is 0 Å². The van der Waals surface area contributed by atoms with Crippen LogP contribution in [-0.4, -0.2) is 16.3 Å². The third-order valence-corrected chi connectivity index (χ3v) is 3.83. The van der Waals surface area contributed by atoms with Crippen molar-refractivity contribution in [1.29, 1.82) is 0 Å². The quantitative estimate of drug-likeness (QED) is 0.821. The first-order valence-corrected chi connectivity index (χ1v) is 7.09. The van der Waals surface area contributed by atoms with Gasteiger partial charge in [-0.15, -0.1) is 0 Å². The number of rotatable bonds is 6. The summed E-state index contributed by atoms with van der Waals surface area (Å²) in [5.41, 5.74) is 1.34. The van der Waals surface area contributed by atoms with Crippen molar-refractivity contribution in [1.82, 2.24) is 15.1 Å². The molecule has 1 fully saturated rings.